The summed E-state index contributed by atoms with van der Waals surface area (Å²) in [6.45, 7) is 11.0. The Balaban J connectivity index is 1.79. The van der Waals surface area contributed by atoms with Crippen LogP contribution in [0.15, 0.2) is 28.9 Å². The minimum Gasteiger partial charge on any atom is -0.444 e. The van der Waals surface area contributed by atoms with Gasteiger partial charge >= 0.3 is 6.09 Å². The van der Waals surface area contributed by atoms with E-state index in [-0.39, 0.29) is 24.3 Å². The number of fused-ring (bicyclic) bond motifs is 2. The fourth-order valence-electron chi connectivity index (χ4n) is 5.74. The van der Waals surface area contributed by atoms with E-state index in [1.807, 2.05) is 44.0 Å². The summed E-state index contributed by atoms with van der Waals surface area (Å²) in [5, 5.41) is 3.44. The topological polar surface area (TPSA) is 127 Å². The van der Waals surface area contributed by atoms with Crippen LogP contribution in [-0.4, -0.2) is 82.5 Å². The van der Waals surface area contributed by atoms with Gasteiger partial charge in [-0.05, 0) is 86.8 Å². The Bertz CT molecular complexity index is 1390. The SMILES string of the molecule is CCN(CC)C(=O)[C@@H]1C=C2c3cccc4c3c(c(Br)n4C(=O)[C@H](CC(N)=O)NC(=O)OC(C)(C)C)C[C@H]2N(C)C1. The van der Waals surface area contributed by atoms with Crippen LogP contribution in [-0.2, 0) is 20.7 Å². The van der Waals surface area contributed by atoms with Crippen molar-refractivity contribution in [1.29, 1.82) is 0 Å². The average Bonchev–Trinajstić information content (AvgIpc) is 3.15. The highest BCUT2D eigenvalue weighted by molar-refractivity contribution is 9.10. The van der Waals surface area contributed by atoms with Crippen LogP contribution in [0, 0.1) is 5.92 Å². The van der Waals surface area contributed by atoms with Crippen molar-refractivity contribution in [3.05, 3.63) is 40.0 Å². The Kier molecular flexibility index (Phi) is 8.46. The maximum atomic E-state index is 13.9. The largest absolute Gasteiger partial charge is 0.444 e. The molecule has 0 unspecified atom stereocenters. The van der Waals surface area contributed by atoms with E-state index in [2.05, 4.69) is 32.2 Å². The Hall–Kier alpha value is -3.18. The number of aromatic nitrogens is 1. The summed E-state index contributed by atoms with van der Waals surface area (Å²) >= 11 is 3.67. The molecular weight excluding hydrogens is 578 g/mol. The molecule has 0 radical (unpaired) electrons. The summed E-state index contributed by atoms with van der Waals surface area (Å²) in [6, 6.07) is 4.54. The summed E-state index contributed by atoms with van der Waals surface area (Å²) in [5.74, 6) is -1.39. The van der Waals surface area contributed by atoms with E-state index in [1.165, 1.54) is 4.57 Å². The second-order valence-corrected chi connectivity index (χ2v) is 12.2. The van der Waals surface area contributed by atoms with Crippen LogP contribution in [0.3, 0.4) is 0 Å². The average molecular weight is 617 g/mol. The molecule has 1 aromatic heterocycles. The molecule has 3 N–H and O–H groups in total. The minimum absolute atomic E-state index is 0.0300. The van der Waals surface area contributed by atoms with Gasteiger partial charge in [-0.2, -0.15) is 0 Å². The lowest BCUT2D eigenvalue weighted by atomic mass is 9.79. The molecule has 0 saturated heterocycles. The summed E-state index contributed by atoms with van der Waals surface area (Å²) in [6.07, 6.45) is 1.52. The molecule has 0 bridgehead atoms. The number of nitrogens with zero attached hydrogens (tertiary/aromatic N) is 3. The van der Waals surface area contributed by atoms with Crippen molar-refractivity contribution >= 4 is 56.2 Å². The first-order valence-corrected chi connectivity index (χ1v) is 14.4. The van der Waals surface area contributed by atoms with Crippen molar-refractivity contribution in [2.24, 2.45) is 11.7 Å². The van der Waals surface area contributed by atoms with Gasteiger partial charge in [-0.15, -0.1) is 0 Å². The summed E-state index contributed by atoms with van der Waals surface area (Å²) < 4.78 is 7.39. The summed E-state index contributed by atoms with van der Waals surface area (Å²) in [4.78, 5) is 55.7. The molecule has 0 fully saturated rings. The molecule has 3 amide bonds. The normalized spacial score (nSPS) is 19.4. The summed E-state index contributed by atoms with van der Waals surface area (Å²) in [5.41, 5.74) is 8.30. The number of ether oxygens (including phenoxy) is 1. The third kappa shape index (κ3) is 5.67. The van der Waals surface area contributed by atoms with E-state index in [4.69, 9.17) is 10.5 Å². The third-order valence-corrected chi connectivity index (χ3v) is 8.34. The molecule has 11 heteroatoms. The highest BCUT2D eigenvalue weighted by atomic mass is 79.9. The molecule has 3 atom stereocenters. The number of rotatable bonds is 7. The zero-order valence-corrected chi connectivity index (χ0v) is 25.5. The number of halogens is 1. The van der Waals surface area contributed by atoms with Gasteiger partial charge in [0.1, 0.15) is 11.6 Å². The Labute approximate surface area is 243 Å². The van der Waals surface area contributed by atoms with E-state index in [0.29, 0.717) is 36.2 Å². The van der Waals surface area contributed by atoms with Crippen molar-refractivity contribution in [2.45, 2.75) is 65.1 Å². The van der Waals surface area contributed by atoms with Gasteiger partial charge in [0.05, 0.1) is 22.5 Å². The number of carbonyl (C=O) groups is 4. The van der Waals surface area contributed by atoms with E-state index in [1.54, 1.807) is 20.8 Å². The van der Waals surface area contributed by atoms with Gasteiger partial charge in [0, 0.05) is 31.1 Å². The van der Waals surface area contributed by atoms with Crippen LogP contribution >= 0.6 is 15.9 Å². The monoisotopic (exact) mass is 615 g/mol. The minimum atomic E-state index is -1.23. The van der Waals surface area contributed by atoms with E-state index in [0.717, 1.165) is 22.1 Å². The number of likely N-dealkylation sites (N-methyl/N-ethyl adjacent to an activating group) is 1. The van der Waals surface area contributed by atoms with Crippen LogP contribution in [0.5, 0.6) is 0 Å². The molecule has 216 valence electrons. The number of hydrogen-bond acceptors (Lipinski definition) is 6. The van der Waals surface area contributed by atoms with Gasteiger partial charge < -0.3 is 20.7 Å². The van der Waals surface area contributed by atoms with Crippen molar-refractivity contribution in [2.75, 3.05) is 26.7 Å². The van der Waals surface area contributed by atoms with Crippen molar-refractivity contribution in [3.8, 4) is 0 Å². The number of alkyl carbamates (subject to hydrolysis) is 1. The van der Waals surface area contributed by atoms with Gasteiger partial charge in [0.2, 0.25) is 11.8 Å². The van der Waals surface area contributed by atoms with Crippen LogP contribution in [0.1, 0.15) is 57.0 Å². The van der Waals surface area contributed by atoms with Gasteiger partial charge in [-0.3, -0.25) is 23.9 Å². The number of benzene rings is 1. The van der Waals surface area contributed by atoms with Crippen LogP contribution < -0.4 is 11.1 Å². The Morgan fingerprint density at radius 2 is 1.88 bits per heavy atom. The van der Waals surface area contributed by atoms with E-state index < -0.39 is 29.6 Å². The number of carbonyl (C=O) groups excluding carboxylic acids is 4. The highest BCUT2D eigenvalue weighted by Gasteiger charge is 2.39. The van der Waals surface area contributed by atoms with Gasteiger partial charge in [-0.25, -0.2) is 4.79 Å². The van der Waals surface area contributed by atoms with Gasteiger partial charge in [0.25, 0.3) is 5.91 Å². The molecule has 40 heavy (non-hydrogen) atoms. The number of nitrogens with one attached hydrogen (secondary N) is 1. The second-order valence-electron chi connectivity index (χ2n) is 11.4. The molecule has 10 nitrogen and oxygen atoms in total. The lowest BCUT2D eigenvalue weighted by Crippen LogP contribution is -2.47. The molecule has 4 rings (SSSR count). The van der Waals surface area contributed by atoms with Crippen molar-refractivity contribution in [1.82, 2.24) is 19.7 Å². The second kappa shape index (κ2) is 11.4. The van der Waals surface area contributed by atoms with Crippen LogP contribution in [0.4, 0.5) is 4.79 Å². The smallest absolute Gasteiger partial charge is 0.408 e. The first-order chi connectivity index (χ1) is 18.8. The molecule has 1 aliphatic heterocycles. The number of amides is 3. The Morgan fingerprint density at radius 3 is 2.48 bits per heavy atom. The van der Waals surface area contributed by atoms with Crippen molar-refractivity contribution < 1.29 is 23.9 Å². The standard InChI is InChI=1S/C29H38BrN5O5/c1-7-34(8-2)26(37)16-12-18-17-10-9-11-21-24(17)19(13-22(18)33(6)15-16)25(30)35(21)27(38)20(14-23(31)36)32-28(39)40-29(3,4)5/h9-12,16,20,22H,7-8,13-15H2,1-6H3,(H2,31,36)(H,32,39)/t16-,20+,22-/m1/s1. The first-order valence-electron chi connectivity index (χ1n) is 13.6. The molecule has 0 spiro atoms. The molecule has 0 saturated carbocycles. The quantitative estimate of drug-likeness (QED) is 0.490. The Morgan fingerprint density at radius 1 is 1.20 bits per heavy atom. The zero-order valence-electron chi connectivity index (χ0n) is 23.9. The lowest BCUT2D eigenvalue weighted by molar-refractivity contribution is -0.134. The number of hydrogen-bond donors (Lipinski definition) is 2. The highest BCUT2D eigenvalue weighted by Crippen LogP contribution is 2.45. The lowest BCUT2D eigenvalue weighted by Gasteiger charge is -2.40. The number of nitrogens with two attached hydrogens (primary N) is 1. The molecule has 1 aliphatic carbocycles. The van der Waals surface area contributed by atoms with Crippen molar-refractivity contribution in [3.63, 3.8) is 0 Å². The maximum Gasteiger partial charge on any atom is 0.408 e. The summed E-state index contributed by atoms with van der Waals surface area (Å²) in [7, 11) is 2.02. The number of primary amides is 1. The zero-order chi connectivity index (χ0) is 29.5. The molecule has 1 aromatic carbocycles. The molecule has 2 aliphatic rings. The first kappa shape index (κ1) is 29.8. The fourth-order valence-corrected chi connectivity index (χ4v) is 6.47. The van der Waals surface area contributed by atoms with E-state index >= 15 is 0 Å². The predicted molar refractivity (Wildman–Crippen MR) is 157 cm³/mol. The fraction of sp³-hybridized carbons (Fsp3) is 0.517. The van der Waals surface area contributed by atoms with E-state index in [9.17, 15) is 19.2 Å². The maximum absolute atomic E-state index is 13.9. The third-order valence-electron chi connectivity index (χ3n) is 7.50. The molecular formula is C29H38BrN5O5. The predicted octanol–water partition coefficient (Wildman–Crippen LogP) is 3.55. The van der Waals surface area contributed by atoms with Gasteiger partial charge in [-0.1, -0.05) is 18.2 Å². The van der Waals surface area contributed by atoms with Crippen LogP contribution in [0.25, 0.3) is 16.5 Å². The van der Waals surface area contributed by atoms with Gasteiger partial charge in [0.15, 0.2) is 0 Å². The van der Waals surface area contributed by atoms with Crippen LogP contribution in [0.2, 0.25) is 0 Å². The molecule has 2 heterocycles. The molecule has 2 aromatic rings.